The van der Waals surface area contributed by atoms with Crippen molar-refractivity contribution in [1.82, 2.24) is 19.8 Å². The van der Waals surface area contributed by atoms with Crippen molar-refractivity contribution in [2.75, 3.05) is 32.4 Å². The number of amides is 3. The van der Waals surface area contributed by atoms with Crippen molar-refractivity contribution < 1.29 is 38.1 Å². The minimum atomic E-state index is -1.34. The van der Waals surface area contributed by atoms with Crippen LogP contribution in [-0.4, -0.2) is 100 Å². The second-order valence-corrected chi connectivity index (χ2v) is 11.9. The van der Waals surface area contributed by atoms with Crippen LogP contribution < -0.4 is 9.64 Å². The molecule has 43 heavy (non-hydrogen) atoms. The first-order valence-corrected chi connectivity index (χ1v) is 14.1. The molecule has 4 heterocycles. The highest BCUT2D eigenvalue weighted by atomic mass is 19.1. The molecule has 0 saturated carbocycles. The SMILES string of the molecule is COCOc1cc(C2=CC(=O)N(C(=O)OC(C)(C)C)C2)ccc1-c1cnc(N(C)C2CC3CCC(C2F)N3C(=O)O)cn1. The summed E-state index contributed by atoms with van der Waals surface area (Å²) in [5.41, 5.74) is 1.68. The number of hydrogen-bond donors (Lipinski definition) is 1. The van der Waals surface area contributed by atoms with E-state index in [-0.39, 0.29) is 19.4 Å². The summed E-state index contributed by atoms with van der Waals surface area (Å²) in [4.78, 5) is 49.9. The molecule has 1 aromatic carbocycles. The second kappa shape index (κ2) is 11.8. The van der Waals surface area contributed by atoms with E-state index in [0.717, 1.165) is 4.90 Å². The fourth-order valence-corrected chi connectivity index (χ4v) is 5.95. The van der Waals surface area contributed by atoms with Gasteiger partial charge in [0, 0.05) is 31.8 Å². The highest BCUT2D eigenvalue weighted by molar-refractivity contribution is 6.08. The summed E-state index contributed by atoms with van der Waals surface area (Å²) in [5.74, 6) is 0.433. The van der Waals surface area contributed by atoms with Crippen LogP contribution in [0.5, 0.6) is 5.75 Å². The molecule has 2 bridgehead atoms. The van der Waals surface area contributed by atoms with Crippen LogP contribution >= 0.6 is 0 Å². The van der Waals surface area contributed by atoms with E-state index >= 15 is 4.39 Å². The molecule has 0 radical (unpaired) electrons. The van der Waals surface area contributed by atoms with E-state index in [1.807, 2.05) is 0 Å². The van der Waals surface area contributed by atoms with Gasteiger partial charge in [-0.1, -0.05) is 6.07 Å². The molecule has 13 heteroatoms. The zero-order valence-corrected chi connectivity index (χ0v) is 24.8. The van der Waals surface area contributed by atoms with Crippen molar-refractivity contribution in [2.45, 2.75) is 69.9 Å². The molecule has 2 saturated heterocycles. The monoisotopic (exact) mass is 597 g/mol. The third-order valence-electron chi connectivity index (χ3n) is 7.98. The Balaban J connectivity index is 1.34. The van der Waals surface area contributed by atoms with Gasteiger partial charge in [-0.25, -0.2) is 23.9 Å². The molecule has 3 amide bonds. The average molecular weight is 598 g/mol. The number of nitrogens with zero attached hydrogens (tertiary/aromatic N) is 5. The standard InChI is InChI=1S/C30H36FN5O7/c1-30(2,3)43-29(40)35-15-18(11-26(35)37)17-6-8-20(24(10-17)42-16-41-5)21-13-33-25(14-32-21)34(4)23-12-19-7-9-22(27(23)31)36(19)28(38)39/h6,8,10-11,13-14,19,22-23,27H,7,9,12,15-16H2,1-5H3,(H,38,39). The van der Waals surface area contributed by atoms with Crippen LogP contribution in [0.3, 0.4) is 0 Å². The summed E-state index contributed by atoms with van der Waals surface area (Å²) in [6.07, 6.45) is 2.93. The number of carbonyl (C=O) groups is 3. The summed E-state index contributed by atoms with van der Waals surface area (Å²) in [7, 11) is 3.24. The maximum atomic E-state index is 15.5. The average Bonchev–Trinajstić information content (AvgIpc) is 3.52. The third kappa shape index (κ3) is 6.12. The summed E-state index contributed by atoms with van der Waals surface area (Å²) in [6, 6.07) is 3.94. The Bertz CT molecular complexity index is 1430. The summed E-state index contributed by atoms with van der Waals surface area (Å²) in [6.45, 7) is 5.22. The van der Waals surface area contributed by atoms with Crippen LogP contribution in [0.2, 0.25) is 0 Å². The smallest absolute Gasteiger partial charge is 0.417 e. The molecular formula is C30H36FN5O7. The Morgan fingerprint density at radius 1 is 1.19 bits per heavy atom. The van der Waals surface area contributed by atoms with E-state index < -0.39 is 42.0 Å². The third-order valence-corrected chi connectivity index (χ3v) is 7.98. The molecule has 2 fully saturated rings. The molecule has 1 N–H and O–H groups in total. The Morgan fingerprint density at radius 2 is 1.95 bits per heavy atom. The Hall–Kier alpha value is -4.26. The number of alkyl halides is 1. The number of anilines is 1. The molecule has 2 aromatic rings. The first-order chi connectivity index (χ1) is 20.4. The maximum Gasteiger partial charge on any atom is 0.417 e. The quantitative estimate of drug-likeness (QED) is 0.459. The fourth-order valence-electron chi connectivity index (χ4n) is 5.95. The number of carbonyl (C=O) groups excluding carboxylic acids is 2. The molecule has 4 unspecified atom stereocenters. The van der Waals surface area contributed by atoms with Crippen molar-refractivity contribution >= 4 is 29.5 Å². The highest BCUT2D eigenvalue weighted by Crippen LogP contribution is 2.40. The first-order valence-electron chi connectivity index (χ1n) is 14.1. The molecule has 12 nitrogen and oxygen atoms in total. The number of imide groups is 1. The number of fused-ring (bicyclic) bond motifs is 2. The fraction of sp³-hybridized carbons (Fsp3) is 0.500. The van der Waals surface area contributed by atoms with E-state index in [1.165, 1.54) is 18.1 Å². The lowest BCUT2D eigenvalue weighted by atomic mass is 9.94. The van der Waals surface area contributed by atoms with Gasteiger partial charge in [0.1, 0.15) is 23.3 Å². The van der Waals surface area contributed by atoms with Crippen molar-refractivity contribution in [3.8, 4) is 17.0 Å². The van der Waals surface area contributed by atoms with E-state index in [4.69, 9.17) is 14.2 Å². The summed E-state index contributed by atoms with van der Waals surface area (Å²) in [5, 5.41) is 9.52. The van der Waals surface area contributed by atoms with Gasteiger partial charge in [0.25, 0.3) is 5.91 Å². The molecular weight excluding hydrogens is 561 g/mol. The van der Waals surface area contributed by atoms with Crippen LogP contribution in [0.25, 0.3) is 16.8 Å². The van der Waals surface area contributed by atoms with Crippen molar-refractivity contribution in [3.63, 3.8) is 0 Å². The number of hydrogen-bond acceptors (Lipinski definition) is 9. The van der Waals surface area contributed by atoms with Crippen LogP contribution in [0, 0.1) is 0 Å². The minimum Gasteiger partial charge on any atom is -0.467 e. The van der Waals surface area contributed by atoms with Crippen molar-refractivity contribution in [1.29, 1.82) is 0 Å². The topological polar surface area (TPSA) is 135 Å². The number of rotatable bonds is 7. The van der Waals surface area contributed by atoms with Gasteiger partial charge in [0.2, 0.25) is 0 Å². The molecule has 4 atom stereocenters. The Morgan fingerprint density at radius 3 is 2.60 bits per heavy atom. The van der Waals surface area contributed by atoms with Crippen LogP contribution in [0.4, 0.5) is 19.8 Å². The predicted octanol–water partition coefficient (Wildman–Crippen LogP) is 4.34. The van der Waals surface area contributed by atoms with E-state index in [9.17, 15) is 19.5 Å². The normalized spacial score (nSPS) is 23.3. The number of piperidine rings is 1. The Kier molecular flexibility index (Phi) is 8.28. The number of benzene rings is 1. The number of halogens is 1. The summed E-state index contributed by atoms with van der Waals surface area (Å²) < 4.78 is 31.8. The molecule has 0 spiro atoms. The lowest BCUT2D eigenvalue weighted by Gasteiger charge is -2.43. The maximum absolute atomic E-state index is 15.5. The number of methoxy groups -OCH3 is 1. The lowest BCUT2D eigenvalue weighted by Crippen LogP contribution is -2.58. The molecule has 0 aliphatic carbocycles. The Labute approximate surface area is 249 Å². The minimum absolute atomic E-state index is 0.0397. The molecule has 1 aromatic heterocycles. The van der Waals surface area contributed by atoms with Gasteiger partial charge in [-0.05, 0) is 63.3 Å². The molecule has 230 valence electrons. The van der Waals surface area contributed by atoms with Gasteiger partial charge >= 0.3 is 12.2 Å². The largest absolute Gasteiger partial charge is 0.467 e. The molecule has 3 aliphatic rings. The van der Waals surface area contributed by atoms with Gasteiger partial charge in [-0.15, -0.1) is 0 Å². The lowest BCUT2D eigenvalue weighted by molar-refractivity contribution is -0.123. The number of ether oxygens (including phenoxy) is 3. The van der Waals surface area contributed by atoms with Crippen molar-refractivity contribution in [2.24, 2.45) is 0 Å². The molecule has 3 aliphatic heterocycles. The highest BCUT2D eigenvalue weighted by Gasteiger charge is 2.51. The van der Waals surface area contributed by atoms with Gasteiger partial charge in [0.15, 0.2) is 6.79 Å². The van der Waals surface area contributed by atoms with E-state index in [1.54, 1.807) is 63.3 Å². The van der Waals surface area contributed by atoms with Crippen LogP contribution in [0.1, 0.15) is 45.6 Å². The van der Waals surface area contributed by atoms with E-state index in [0.29, 0.717) is 53.2 Å². The van der Waals surface area contributed by atoms with Gasteiger partial charge in [-0.3, -0.25) is 14.7 Å². The van der Waals surface area contributed by atoms with Gasteiger partial charge in [-0.2, -0.15) is 0 Å². The predicted molar refractivity (Wildman–Crippen MR) is 154 cm³/mol. The molecule has 5 rings (SSSR count). The zero-order valence-electron chi connectivity index (χ0n) is 24.8. The second-order valence-electron chi connectivity index (χ2n) is 11.9. The summed E-state index contributed by atoms with van der Waals surface area (Å²) >= 11 is 0. The van der Waals surface area contributed by atoms with E-state index in [2.05, 4.69) is 9.97 Å². The van der Waals surface area contributed by atoms with Crippen molar-refractivity contribution in [3.05, 3.63) is 42.2 Å². The number of carboxylic acid groups (broad SMARTS) is 1. The zero-order chi connectivity index (χ0) is 31.1. The number of aromatic nitrogens is 2. The van der Waals surface area contributed by atoms with Crippen LogP contribution in [0.15, 0.2) is 36.7 Å². The van der Waals surface area contributed by atoms with Crippen LogP contribution in [-0.2, 0) is 14.3 Å². The first kappa shape index (κ1) is 30.2. The van der Waals surface area contributed by atoms with Gasteiger partial charge in [0.05, 0.1) is 36.7 Å². The van der Waals surface area contributed by atoms with Gasteiger partial charge < -0.3 is 24.2 Å².